The average molecular weight is 363 g/mol. The predicted molar refractivity (Wildman–Crippen MR) is 98.5 cm³/mol. The van der Waals surface area contributed by atoms with E-state index in [0.29, 0.717) is 23.5 Å². The van der Waals surface area contributed by atoms with E-state index < -0.39 is 12.1 Å². The Hall–Kier alpha value is -3.48. The SMILES string of the molecule is Cc1ccc2nc(COC(=O)[C@H]3CC(c4ccccc4)=NO3)cc(=O)n2c1. The largest absolute Gasteiger partial charge is 0.456 e. The highest BCUT2D eigenvalue weighted by molar-refractivity contribution is 6.03. The predicted octanol–water partition coefficient (Wildman–Crippen LogP) is 2.24. The van der Waals surface area contributed by atoms with Crippen LogP contribution in [0.2, 0.25) is 0 Å². The molecule has 0 amide bonds. The van der Waals surface area contributed by atoms with Gasteiger partial charge in [0.15, 0.2) is 0 Å². The number of aryl methyl sites for hydroxylation is 1. The molecular weight excluding hydrogens is 346 g/mol. The van der Waals surface area contributed by atoms with E-state index in [4.69, 9.17) is 9.57 Å². The molecule has 1 aromatic carbocycles. The van der Waals surface area contributed by atoms with Crippen LogP contribution in [0.4, 0.5) is 0 Å². The Bertz CT molecular complexity index is 1090. The first-order valence-corrected chi connectivity index (χ1v) is 8.54. The third-order valence-corrected chi connectivity index (χ3v) is 4.26. The molecule has 3 heterocycles. The molecule has 0 saturated carbocycles. The lowest BCUT2D eigenvalue weighted by Gasteiger charge is -2.09. The molecule has 0 saturated heterocycles. The molecule has 7 nitrogen and oxygen atoms in total. The van der Waals surface area contributed by atoms with Gasteiger partial charge in [0.1, 0.15) is 12.3 Å². The molecule has 0 unspecified atom stereocenters. The molecular formula is C20H17N3O4. The van der Waals surface area contributed by atoms with Crippen LogP contribution in [0.15, 0.2) is 64.7 Å². The lowest BCUT2D eigenvalue weighted by molar-refractivity contribution is -0.156. The second kappa shape index (κ2) is 7.03. The highest BCUT2D eigenvalue weighted by Crippen LogP contribution is 2.18. The first-order valence-electron chi connectivity index (χ1n) is 8.54. The second-order valence-corrected chi connectivity index (χ2v) is 6.33. The Morgan fingerprint density at radius 1 is 1.26 bits per heavy atom. The fraction of sp³-hybridized carbons (Fsp3) is 0.200. The van der Waals surface area contributed by atoms with Crippen molar-refractivity contribution in [3.05, 3.63) is 81.9 Å². The van der Waals surface area contributed by atoms with Crippen molar-refractivity contribution in [2.75, 3.05) is 0 Å². The standard InChI is InChI=1S/C20H17N3O4/c1-13-7-8-18-21-15(9-19(24)23(18)11-13)12-26-20(25)17-10-16(22-27-17)14-5-3-2-4-6-14/h2-9,11,17H,10,12H2,1H3/t17-/m1/s1. The zero-order valence-electron chi connectivity index (χ0n) is 14.7. The van der Waals surface area contributed by atoms with E-state index in [0.717, 1.165) is 11.1 Å². The minimum absolute atomic E-state index is 0.0982. The number of oxime groups is 1. The summed E-state index contributed by atoms with van der Waals surface area (Å²) in [6.45, 7) is 1.80. The number of carbonyl (C=O) groups is 1. The maximum atomic E-state index is 12.3. The van der Waals surface area contributed by atoms with Gasteiger partial charge in [-0.15, -0.1) is 0 Å². The molecule has 27 heavy (non-hydrogen) atoms. The minimum atomic E-state index is -0.788. The Balaban J connectivity index is 1.41. The average Bonchev–Trinajstić information content (AvgIpc) is 3.18. The van der Waals surface area contributed by atoms with E-state index in [2.05, 4.69) is 10.1 Å². The minimum Gasteiger partial charge on any atom is -0.456 e. The van der Waals surface area contributed by atoms with Crippen LogP contribution in [-0.2, 0) is 21.0 Å². The zero-order chi connectivity index (χ0) is 18.8. The quantitative estimate of drug-likeness (QED) is 0.664. The summed E-state index contributed by atoms with van der Waals surface area (Å²) in [4.78, 5) is 34.0. The van der Waals surface area contributed by atoms with Crippen molar-refractivity contribution < 1.29 is 14.4 Å². The molecule has 0 fully saturated rings. The fourth-order valence-corrected chi connectivity index (χ4v) is 2.88. The Morgan fingerprint density at radius 2 is 2.07 bits per heavy atom. The number of ether oxygens (including phenoxy) is 1. The number of aromatic nitrogens is 2. The molecule has 0 spiro atoms. The van der Waals surface area contributed by atoms with Gasteiger partial charge in [-0.2, -0.15) is 0 Å². The molecule has 4 rings (SSSR count). The zero-order valence-corrected chi connectivity index (χ0v) is 14.7. The van der Waals surface area contributed by atoms with E-state index in [1.807, 2.05) is 43.3 Å². The van der Waals surface area contributed by atoms with Crippen molar-refractivity contribution in [2.45, 2.75) is 26.1 Å². The normalized spacial score (nSPS) is 16.0. The van der Waals surface area contributed by atoms with Crippen molar-refractivity contribution in [3.63, 3.8) is 0 Å². The number of nitrogens with zero attached hydrogens (tertiary/aromatic N) is 3. The van der Waals surface area contributed by atoms with Gasteiger partial charge in [0.2, 0.25) is 6.10 Å². The van der Waals surface area contributed by atoms with Gasteiger partial charge in [0.05, 0.1) is 11.4 Å². The van der Waals surface area contributed by atoms with Gasteiger partial charge in [-0.3, -0.25) is 9.20 Å². The van der Waals surface area contributed by atoms with Crippen molar-refractivity contribution in [1.29, 1.82) is 0 Å². The van der Waals surface area contributed by atoms with E-state index in [-0.39, 0.29) is 12.2 Å². The van der Waals surface area contributed by atoms with Crippen LogP contribution in [0.3, 0.4) is 0 Å². The number of hydrogen-bond acceptors (Lipinski definition) is 6. The summed E-state index contributed by atoms with van der Waals surface area (Å²) in [6.07, 6.45) is 1.27. The molecule has 2 aromatic heterocycles. The topological polar surface area (TPSA) is 82.3 Å². The highest BCUT2D eigenvalue weighted by atomic mass is 16.7. The van der Waals surface area contributed by atoms with Gasteiger partial charge in [-0.25, -0.2) is 9.78 Å². The van der Waals surface area contributed by atoms with E-state index in [9.17, 15) is 9.59 Å². The molecule has 0 N–H and O–H groups in total. The lowest BCUT2D eigenvalue weighted by Crippen LogP contribution is -2.24. The van der Waals surface area contributed by atoms with Crippen LogP contribution >= 0.6 is 0 Å². The molecule has 7 heteroatoms. The number of esters is 1. The van der Waals surface area contributed by atoms with Gasteiger partial charge >= 0.3 is 5.97 Å². The van der Waals surface area contributed by atoms with Crippen LogP contribution < -0.4 is 5.56 Å². The van der Waals surface area contributed by atoms with Crippen LogP contribution in [-0.4, -0.2) is 27.2 Å². The summed E-state index contributed by atoms with van der Waals surface area (Å²) < 4.78 is 6.73. The summed E-state index contributed by atoms with van der Waals surface area (Å²) in [5, 5.41) is 3.97. The van der Waals surface area contributed by atoms with Crippen molar-refractivity contribution in [3.8, 4) is 0 Å². The number of hydrogen-bond donors (Lipinski definition) is 0. The van der Waals surface area contributed by atoms with Crippen molar-refractivity contribution >= 4 is 17.3 Å². The third-order valence-electron chi connectivity index (χ3n) is 4.26. The van der Waals surface area contributed by atoms with Gasteiger partial charge in [0, 0.05) is 18.7 Å². The second-order valence-electron chi connectivity index (χ2n) is 6.33. The Morgan fingerprint density at radius 3 is 2.89 bits per heavy atom. The van der Waals surface area contributed by atoms with Crippen molar-refractivity contribution in [2.24, 2.45) is 5.16 Å². The molecule has 136 valence electrons. The third kappa shape index (κ3) is 3.57. The number of fused-ring (bicyclic) bond motifs is 1. The first-order chi connectivity index (χ1) is 13.1. The number of carbonyl (C=O) groups excluding carboxylic acids is 1. The van der Waals surface area contributed by atoms with E-state index in [1.165, 1.54) is 10.5 Å². The summed E-state index contributed by atoms with van der Waals surface area (Å²) in [6, 6.07) is 14.5. The maximum absolute atomic E-state index is 12.3. The van der Waals surface area contributed by atoms with E-state index >= 15 is 0 Å². The molecule has 3 aromatic rings. The fourth-order valence-electron chi connectivity index (χ4n) is 2.88. The molecule has 1 aliphatic rings. The van der Waals surface area contributed by atoms with Gasteiger partial charge < -0.3 is 9.57 Å². The van der Waals surface area contributed by atoms with Crippen LogP contribution in [0.1, 0.15) is 23.2 Å². The van der Waals surface area contributed by atoms with E-state index in [1.54, 1.807) is 12.3 Å². The first kappa shape index (κ1) is 17.0. The molecule has 0 aliphatic carbocycles. The Kier molecular flexibility index (Phi) is 4.42. The number of benzene rings is 1. The van der Waals surface area contributed by atoms with Crippen LogP contribution in [0.5, 0.6) is 0 Å². The molecule has 0 radical (unpaired) electrons. The van der Waals surface area contributed by atoms with Gasteiger partial charge in [-0.05, 0) is 24.1 Å². The van der Waals surface area contributed by atoms with Crippen LogP contribution in [0, 0.1) is 6.92 Å². The summed E-state index contributed by atoms with van der Waals surface area (Å²) in [5.74, 6) is -0.532. The van der Waals surface area contributed by atoms with Crippen molar-refractivity contribution in [1.82, 2.24) is 9.38 Å². The highest BCUT2D eigenvalue weighted by Gasteiger charge is 2.30. The number of rotatable bonds is 4. The molecule has 1 aliphatic heterocycles. The van der Waals surface area contributed by atoms with Gasteiger partial charge in [0.25, 0.3) is 5.56 Å². The lowest BCUT2D eigenvalue weighted by atomic mass is 10.1. The maximum Gasteiger partial charge on any atom is 0.351 e. The number of pyridine rings is 1. The van der Waals surface area contributed by atoms with Crippen LogP contribution in [0.25, 0.3) is 5.65 Å². The molecule has 0 bridgehead atoms. The summed E-state index contributed by atoms with van der Waals surface area (Å²) in [5.41, 5.74) is 3.24. The van der Waals surface area contributed by atoms with Gasteiger partial charge in [-0.1, -0.05) is 41.6 Å². The summed E-state index contributed by atoms with van der Waals surface area (Å²) in [7, 11) is 0. The summed E-state index contributed by atoms with van der Waals surface area (Å²) >= 11 is 0. The monoisotopic (exact) mass is 363 g/mol. The smallest absolute Gasteiger partial charge is 0.351 e. The Labute approximate surface area is 154 Å². The molecule has 1 atom stereocenters.